The third kappa shape index (κ3) is 3.30. The quantitative estimate of drug-likeness (QED) is 0.882. The van der Waals surface area contributed by atoms with Crippen molar-refractivity contribution < 1.29 is 4.74 Å². The van der Waals surface area contributed by atoms with Crippen LogP contribution in [0.2, 0.25) is 0 Å². The maximum Gasteiger partial charge on any atom is 0.125 e. The van der Waals surface area contributed by atoms with Crippen LogP contribution in [0, 0.1) is 0 Å². The number of nitrogens with two attached hydrogens (primary N) is 1. The zero-order valence-electron chi connectivity index (χ0n) is 12.2. The Hall–Kier alpha value is -1.32. The van der Waals surface area contributed by atoms with Crippen molar-refractivity contribution in [2.45, 2.75) is 38.8 Å². The van der Waals surface area contributed by atoms with E-state index in [1.807, 2.05) is 25.1 Å². The highest BCUT2D eigenvalue weighted by atomic mass is 79.9. The molecule has 0 unspecified atom stereocenters. The highest BCUT2D eigenvalue weighted by Crippen LogP contribution is 2.29. The van der Waals surface area contributed by atoms with Gasteiger partial charge in [0, 0.05) is 16.1 Å². The van der Waals surface area contributed by atoms with E-state index in [-0.39, 0.29) is 6.04 Å². The molecule has 21 heavy (non-hydrogen) atoms. The Morgan fingerprint density at radius 1 is 1.14 bits per heavy atom. The van der Waals surface area contributed by atoms with Crippen molar-refractivity contribution in [1.29, 1.82) is 0 Å². The summed E-state index contributed by atoms with van der Waals surface area (Å²) in [4.78, 5) is 0. The van der Waals surface area contributed by atoms with E-state index in [0.717, 1.165) is 15.8 Å². The molecule has 1 aliphatic carbocycles. The predicted octanol–water partition coefficient (Wildman–Crippen LogP) is 4.54. The van der Waals surface area contributed by atoms with Gasteiger partial charge in [0.1, 0.15) is 12.4 Å². The normalized spacial score (nSPS) is 14.8. The molecule has 2 N–H and O–H groups in total. The molecule has 2 aromatic carbocycles. The lowest BCUT2D eigenvalue weighted by molar-refractivity contribution is 0.301. The van der Waals surface area contributed by atoms with Crippen molar-refractivity contribution in [1.82, 2.24) is 0 Å². The number of ether oxygens (including phenoxy) is 1. The standard InChI is InChI=1S/C18H20BrNO/c1-12(20)17-8-7-16(19)10-18(17)21-11-13-5-6-14-3-2-4-15(14)9-13/h5-10,12H,2-4,11,20H2,1H3/t12-/m0/s1. The average Bonchev–Trinajstić information content (AvgIpc) is 2.92. The fraction of sp³-hybridized carbons (Fsp3) is 0.333. The van der Waals surface area contributed by atoms with Crippen LogP contribution < -0.4 is 10.5 Å². The van der Waals surface area contributed by atoms with Crippen LogP contribution in [0.1, 0.15) is 41.6 Å². The average molecular weight is 346 g/mol. The number of aryl methyl sites for hydroxylation is 2. The summed E-state index contributed by atoms with van der Waals surface area (Å²) in [7, 11) is 0. The number of hydrogen-bond donors (Lipinski definition) is 1. The van der Waals surface area contributed by atoms with Gasteiger partial charge in [-0.25, -0.2) is 0 Å². The second-order valence-corrected chi connectivity index (χ2v) is 6.63. The maximum absolute atomic E-state index is 6.02. The molecule has 3 rings (SSSR count). The van der Waals surface area contributed by atoms with Crippen LogP contribution in [-0.4, -0.2) is 0 Å². The van der Waals surface area contributed by atoms with E-state index >= 15 is 0 Å². The third-order valence-electron chi connectivity index (χ3n) is 4.02. The van der Waals surface area contributed by atoms with E-state index in [1.54, 1.807) is 0 Å². The van der Waals surface area contributed by atoms with E-state index < -0.39 is 0 Å². The third-order valence-corrected chi connectivity index (χ3v) is 4.52. The maximum atomic E-state index is 6.02. The van der Waals surface area contributed by atoms with E-state index in [4.69, 9.17) is 10.5 Å². The van der Waals surface area contributed by atoms with Gasteiger partial charge in [0.2, 0.25) is 0 Å². The topological polar surface area (TPSA) is 35.2 Å². The Morgan fingerprint density at radius 2 is 1.95 bits per heavy atom. The van der Waals surface area contributed by atoms with Crippen molar-refractivity contribution in [3.05, 3.63) is 63.1 Å². The van der Waals surface area contributed by atoms with Gasteiger partial charge in [-0.1, -0.05) is 40.2 Å². The summed E-state index contributed by atoms with van der Waals surface area (Å²) in [6.07, 6.45) is 3.70. The van der Waals surface area contributed by atoms with E-state index in [9.17, 15) is 0 Å². The fourth-order valence-corrected chi connectivity index (χ4v) is 3.23. The largest absolute Gasteiger partial charge is 0.489 e. The molecule has 2 aromatic rings. The number of hydrogen-bond acceptors (Lipinski definition) is 2. The monoisotopic (exact) mass is 345 g/mol. The van der Waals surface area contributed by atoms with E-state index in [2.05, 4.69) is 34.1 Å². The molecule has 0 aromatic heterocycles. The number of fused-ring (bicyclic) bond motifs is 1. The summed E-state index contributed by atoms with van der Waals surface area (Å²) in [6, 6.07) is 12.7. The molecule has 0 saturated carbocycles. The molecule has 0 radical (unpaired) electrons. The second kappa shape index (κ2) is 6.20. The lowest BCUT2D eigenvalue weighted by Gasteiger charge is -2.15. The summed E-state index contributed by atoms with van der Waals surface area (Å²) in [6.45, 7) is 2.56. The van der Waals surface area contributed by atoms with Crippen LogP contribution in [-0.2, 0) is 19.4 Å². The van der Waals surface area contributed by atoms with Gasteiger partial charge in [-0.15, -0.1) is 0 Å². The minimum absolute atomic E-state index is 0.0341. The number of rotatable bonds is 4. The van der Waals surface area contributed by atoms with Gasteiger partial charge in [0.05, 0.1) is 0 Å². The Kier molecular flexibility index (Phi) is 4.32. The molecule has 1 aliphatic rings. The first-order valence-corrected chi connectivity index (χ1v) is 8.21. The first-order chi connectivity index (χ1) is 10.1. The Morgan fingerprint density at radius 3 is 2.76 bits per heavy atom. The van der Waals surface area contributed by atoms with Crippen molar-refractivity contribution in [2.75, 3.05) is 0 Å². The van der Waals surface area contributed by atoms with Gasteiger partial charge in [0.15, 0.2) is 0 Å². The minimum atomic E-state index is -0.0341. The van der Waals surface area contributed by atoms with Crippen molar-refractivity contribution in [3.63, 3.8) is 0 Å². The summed E-state index contributed by atoms with van der Waals surface area (Å²) >= 11 is 3.49. The second-order valence-electron chi connectivity index (χ2n) is 5.72. The molecular formula is C18H20BrNO. The SMILES string of the molecule is C[C@H](N)c1ccc(Br)cc1OCc1ccc2c(c1)CCC2. The number of halogens is 1. The van der Waals surface area contributed by atoms with Crippen LogP contribution in [0.25, 0.3) is 0 Å². The van der Waals surface area contributed by atoms with Gasteiger partial charge in [-0.2, -0.15) is 0 Å². The van der Waals surface area contributed by atoms with Gasteiger partial charge in [-0.3, -0.25) is 0 Å². The van der Waals surface area contributed by atoms with Crippen molar-refractivity contribution >= 4 is 15.9 Å². The molecule has 0 spiro atoms. The summed E-state index contributed by atoms with van der Waals surface area (Å²) in [5.74, 6) is 0.861. The molecule has 3 heteroatoms. The Balaban J connectivity index is 1.77. The minimum Gasteiger partial charge on any atom is -0.489 e. The highest BCUT2D eigenvalue weighted by molar-refractivity contribution is 9.10. The zero-order valence-corrected chi connectivity index (χ0v) is 13.8. The first kappa shape index (κ1) is 14.6. The summed E-state index contributed by atoms with van der Waals surface area (Å²) in [5.41, 5.74) is 11.3. The molecule has 0 bridgehead atoms. The van der Waals surface area contributed by atoms with Gasteiger partial charge in [0.25, 0.3) is 0 Å². The van der Waals surface area contributed by atoms with Gasteiger partial charge in [-0.05, 0) is 55.0 Å². The van der Waals surface area contributed by atoms with Crippen molar-refractivity contribution in [2.24, 2.45) is 5.73 Å². The van der Waals surface area contributed by atoms with Crippen LogP contribution in [0.3, 0.4) is 0 Å². The smallest absolute Gasteiger partial charge is 0.125 e. The lowest BCUT2D eigenvalue weighted by Crippen LogP contribution is -2.08. The summed E-state index contributed by atoms with van der Waals surface area (Å²) < 4.78 is 7.03. The van der Waals surface area contributed by atoms with Gasteiger partial charge >= 0.3 is 0 Å². The Labute approximate surface area is 134 Å². The molecule has 0 amide bonds. The molecule has 0 aliphatic heterocycles. The van der Waals surface area contributed by atoms with Crippen LogP contribution >= 0.6 is 15.9 Å². The molecule has 110 valence electrons. The first-order valence-electron chi connectivity index (χ1n) is 7.42. The zero-order chi connectivity index (χ0) is 14.8. The molecule has 0 saturated heterocycles. The summed E-state index contributed by atoms with van der Waals surface area (Å²) in [5, 5.41) is 0. The molecule has 0 fully saturated rings. The van der Waals surface area contributed by atoms with E-state index in [1.165, 1.54) is 36.0 Å². The predicted molar refractivity (Wildman–Crippen MR) is 89.5 cm³/mol. The highest BCUT2D eigenvalue weighted by Gasteiger charge is 2.12. The fourth-order valence-electron chi connectivity index (χ4n) is 2.89. The Bertz CT molecular complexity index is 652. The van der Waals surface area contributed by atoms with Crippen LogP contribution in [0.5, 0.6) is 5.75 Å². The lowest BCUT2D eigenvalue weighted by atomic mass is 10.1. The van der Waals surface area contributed by atoms with Crippen molar-refractivity contribution in [3.8, 4) is 5.75 Å². The van der Waals surface area contributed by atoms with Crippen LogP contribution in [0.15, 0.2) is 40.9 Å². The molecular weight excluding hydrogens is 326 g/mol. The molecule has 2 nitrogen and oxygen atoms in total. The van der Waals surface area contributed by atoms with E-state index in [0.29, 0.717) is 6.61 Å². The molecule has 0 heterocycles. The van der Waals surface area contributed by atoms with Crippen LogP contribution in [0.4, 0.5) is 0 Å². The molecule has 1 atom stereocenters. The number of benzene rings is 2. The van der Waals surface area contributed by atoms with Gasteiger partial charge < -0.3 is 10.5 Å².